The molecular formula is C15H16OS. The number of hydrogen-bond acceptors (Lipinski definition) is 2. The van der Waals surface area contributed by atoms with Crippen molar-refractivity contribution in [1.82, 2.24) is 0 Å². The minimum atomic E-state index is 0.617. The van der Waals surface area contributed by atoms with E-state index in [2.05, 4.69) is 44.2 Å². The molecule has 0 aliphatic carbocycles. The highest BCUT2D eigenvalue weighted by Crippen LogP contribution is 2.35. The van der Waals surface area contributed by atoms with Gasteiger partial charge in [0.2, 0.25) is 0 Å². The van der Waals surface area contributed by atoms with Gasteiger partial charge in [0.1, 0.15) is 5.75 Å². The van der Waals surface area contributed by atoms with Crippen LogP contribution in [-0.2, 0) is 6.42 Å². The van der Waals surface area contributed by atoms with E-state index < -0.39 is 0 Å². The van der Waals surface area contributed by atoms with Crippen LogP contribution >= 0.6 is 11.3 Å². The van der Waals surface area contributed by atoms with E-state index >= 15 is 0 Å². The van der Waals surface area contributed by atoms with Crippen LogP contribution in [-0.4, -0.2) is 6.61 Å². The Balaban J connectivity index is 1.97. The zero-order valence-corrected chi connectivity index (χ0v) is 11.0. The summed E-state index contributed by atoms with van der Waals surface area (Å²) in [4.78, 5) is 2.82. The fourth-order valence-electron chi connectivity index (χ4n) is 2.16. The molecule has 0 N–H and O–H groups in total. The molecule has 0 atom stereocenters. The summed E-state index contributed by atoms with van der Waals surface area (Å²) in [6, 6.07) is 11.0. The highest BCUT2D eigenvalue weighted by molar-refractivity contribution is 7.15. The van der Waals surface area contributed by atoms with Gasteiger partial charge in [-0.25, -0.2) is 0 Å². The van der Waals surface area contributed by atoms with Gasteiger partial charge in [0.05, 0.1) is 6.61 Å². The molecule has 0 amide bonds. The first-order chi connectivity index (χ1) is 8.24. The number of thiophene rings is 1. The maximum absolute atomic E-state index is 5.54. The Morgan fingerprint density at radius 1 is 1.18 bits per heavy atom. The Labute approximate surface area is 106 Å². The largest absolute Gasteiger partial charge is 0.493 e. The second kappa shape index (κ2) is 4.19. The second-order valence-electron chi connectivity index (χ2n) is 4.78. The fourth-order valence-corrected chi connectivity index (χ4v) is 3.16. The third-order valence-corrected chi connectivity index (χ3v) is 4.60. The highest BCUT2D eigenvalue weighted by atomic mass is 32.1. The number of hydrogen-bond donors (Lipinski definition) is 0. The van der Waals surface area contributed by atoms with E-state index in [1.54, 1.807) is 0 Å². The molecule has 1 aliphatic rings. The normalized spacial score (nSPS) is 13.8. The lowest BCUT2D eigenvalue weighted by molar-refractivity contribution is 0.357. The van der Waals surface area contributed by atoms with Crippen LogP contribution in [0.25, 0.3) is 10.4 Å². The molecule has 0 unspecified atom stereocenters. The number of fused-ring (bicyclic) bond motifs is 1. The molecule has 88 valence electrons. The van der Waals surface area contributed by atoms with Gasteiger partial charge in [-0.15, -0.1) is 11.3 Å². The third kappa shape index (κ3) is 1.98. The van der Waals surface area contributed by atoms with E-state index in [4.69, 9.17) is 4.74 Å². The molecule has 0 saturated carbocycles. The molecule has 1 aromatic heterocycles. The van der Waals surface area contributed by atoms with Gasteiger partial charge >= 0.3 is 0 Å². The first kappa shape index (κ1) is 10.8. The van der Waals surface area contributed by atoms with Gasteiger partial charge in [0, 0.05) is 16.2 Å². The molecule has 0 saturated heterocycles. The van der Waals surface area contributed by atoms with Crippen LogP contribution < -0.4 is 4.74 Å². The molecule has 0 radical (unpaired) electrons. The fraction of sp³-hybridized carbons (Fsp3) is 0.333. The zero-order valence-electron chi connectivity index (χ0n) is 10.2. The number of rotatable bonds is 2. The van der Waals surface area contributed by atoms with Crippen LogP contribution in [0.4, 0.5) is 0 Å². The SMILES string of the molecule is CC(C)c1ccc(-c2ccc3c(c2)CCO3)s1. The van der Waals surface area contributed by atoms with Gasteiger partial charge in [0.15, 0.2) is 0 Å². The summed E-state index contributed by atoms with van der Waals surface area (Å²) >= 11 is 1.90. The predicted octanol–water partition coefficient (Wildman–Crippen LogP) is 4.47. The summed E-state index contributed by atoms with van der Waals surface area (Å²) in [6.07, 6.45) is 1.05. The average molecular weight is 244 g/mol. The van der Waals surface area contributed by atoms with Crippen molar-refractivity contribution in [2.24, 2.45) is 0 Å². The molecule has 2 aromatic rings. The van der Waals surface area contributed by atoms with Gasteiger partial charge in [-0.05, 0) is 47.4 Å². The van der Waals surface area contributed by atoms with Crippen LogP contribution in [0.5, 0.6) is 5.75 Å². The second-order valence-corrected chi connectivity index (χ2v) is 5.89. The topological polar surface area (TPSA) is 9.23 Å². The van der Waals surface area contributed by atoms with Gasteiger partial charge < -0.3 is 4.74 Å². The zero-order chi connectivity index (χ0) is 11.8. The lowest BCUT2D eigenvalue weighted by atomic mass is 10.1. The van der Waals surface area contributed by atoms with Gasteiger partial charge in [-0.2, -0.15) is 0 Å². The minimum absolute atomic E-state index is 0.617. The lowest BCUT2D eigenvalue weighted by Crippen LogP contribution is -1.85. The van der Waals surface area contributed by atoms with Crippen molar-refractivity contribution >= 4 is 11.3 Å². The molecular weight excluding hydrogens is 228 g/mol. The maximum Gasteiger partial charge on any atom is 0.122 e. The monoisotopic (exact) mass is 244 g/mol. The molecule has 0 fully saturated rings. The van der Waals surface area contributed by atoms with Gasteiger partial charge in [-0.3, -0.25) is 0 Å². The van der Waals surface area contributed by atoms with Gasteiger partial charge in [0.25, 0.3) is 0 Å². The van der Waals surface area contributed by atoms with Crippen molar-refractivity contribution in [2.75, 3.05) is 6.61 Å². The van der Waals surface area contributed by atoms with Crippen molar-refractivity contribution in [3.63, 3.8) is 0 Å². The van der Waals surface area contributed by atoms with Crippen LogP contribution in [0.3, 0.4) is 0 Å². The molecule has 17 heavy (non-hydrogen) atoms. The third-order valence-electron chi connectivity index (χ3n) is 3.17. The molecule has 2 heteroatoms. The van der Waals surface area contributed by atoms with Crippen molar-refractivity contribution in [1.29, 1.82) is 0 Å². The average Bonchev–Trinajstić information content (AvgIpc) is 2.97. The summed E-state index contributed by atoms with van der Waals surface area (Å²) in [7, 11) is 0. The molecule has 3 rings (SSSR count). The van der Waals surface area contributed by atoms with Crippen LogP contribution in [0.15, 0.2) is 30.3 Å². The summed E-state index contributed by atoms with van der Waals surface area (Å²) in [5.41, 5.74) is 2.67. The Bertz CT molecular complexity index is 540. The molecule has 0 spiro atoms. The molecule has 1 aliphatic heterocycles. The number of benzene rings is 1. The first-order valence-electron chi connectivity index (χ1n) is 6.10. The Kier molecular flexibility index (Phi) is 2.67. The molecule has 2 heterocycles. The van der Waals surface area contributed by atoms with E-state index in [-0.39, 0.29) is 0 Å². The van der Waals surface area contributed by atoms with E-state index in [9.17, 15) is 0 Å². The van der Waals surface area contributed by atoms with E-state index in [0.717, 1.165) is 18.8 Å². The summed E-state index contributed by atoms with van der Waals surface area (Å²) in [5.74, 6) is 1.68. The number of ether oxygens (including phenoxy) is 1. The van der Waals surface area contributed by atoms with E-state index in [1.807, 2.05) is 11.3 Å². The highest BCUT2D eigenvalue weighted by Gasteiger charge is 2.13. The van der Waals surface area contributed by atoms with Crippen molar-refractivity contribution in [3.8, 4) is 16.2 Å². The van der Waals surface area contributed by atoms with Crippen LogP contribution in [0, 0.1) is 0 Å². The standard InChI is InChI=1S/C15H16OS/c1-10(2)14-5-6-15(17-14)12-3-4-13-11(9-12)7-8-16-13/h3-6,9-10H,7-8H2,1-2H3. The smallest absolute Gasteiger partial charge is 0.122 e. The Morgan fingerprint density at radius 2 is 2.06 bits per heavy atom. The molecule has 0 bridgehead atoms. The first-order valence-corrected chi connectivity index (χ1v) is 6.91. The summed E-state index contributed by atoms with van der Waals surface area (Å²) in [6.45, 7) is 5.32. The molecule has 1 nitrogen and oxygen atoms in total. The van der Waals surface area contributed by atoms with Crippen molar-refractivity contribution in [3.05, 3.63) is 40.8 Å². The van der Waals surface area contributed by atoms with Crippen LogP contribution in [0.1, 0.15) is 30.2 Å². The van der Waals surface area contributed by atoms with Gasteiger partial charge in [-0.1, -0.05) is 13.8 Å². The summed E-state index contributed by atoms with van der Waals surface area (Å²) in [5, 5.41) is 0. The molecule has 1 aromatic carbocycles. The maximum atomic E-state index is 5.54. The van der Waals surface area contributed by atoms with Crippen LogP contribution in [0.2, 0.25) is 0 Å². The predicted molar refractivity (Wildman–Crippen MR) is 73.0 cm³/mol. The van der Waals surface area contributed by atoms with Crippen molar-refractivity contribution in [2.45, 2.75) is 26.2 Å². The minimum Gasteiger partial charge on any atom is -0.493 e. The Morgan fingerprint density at radius 3 is 2.82 bits per heavy atom. The quantitative estimate of drug-likeness (QED) is 0.757. The Hall–Kier alpha value is -1.28. The van der Waals surface area contributed by atoms with E-state index in [1.165, 1.54) is 20.9 Å². The van der Waals surface area contributed by atoms with E-state index in [0.29, 0.717) is 5.92 Å². The summed E-state index contributed by atoms with van der Waals surface area (Å²) < 4.78 is 5.54. The lowest BCUT2D eigenvalue weighted by Gasteiger charge is -2.02. The van der Waals surface area contributed by atoms with Crippen molar-refractivity contribution < 1.29 is 4.74 Å².